The van der Waals surface area contributed by atoms with Gasteiger partial charge >= 0.3 is 0 Å². The molecule has 2 aromatic rings. The summed E-state index contributed by atoms with van der Waals surface area (Å²) < 4.78 is 0. The summed E-state index contributed by atoms with van der Waals surface area (Å²) in [4.78, 5) is 2.54. The minimum atomic E-state index is 0.457. The van der Waals surface area contributed by atoms with Gasteiger partial charge in [-0.05, 0) is 43.0 Å². The van der Waals surface area contributed by atoms with E-state index in [1.807, 2.05) is 0 Å². The zero-order valence-electron chi connectivity index (χ0n) is 12.0. The zero-order chi connectivity index (χ0) is 13.8. The Kier molecular flexibility index (Phi) is 3.87. The van der Waals surface area contributed by atoms with Crippen LogP contribution in [0.1, 0.15) is 30.5 Å². The van der Waals surface area contributed by atoms with Gasteiger partial charge in [-0.1, -0.05) is 54.6 Å². The summed E-state index contributed by atoms with van der Waals surface area (Å²) in [5.41, 5.74) is 4.33. The molecule has 0 saturated carbocycles. The van der Waals surface area contributed by atoms with Crippen molar-refractivity contribution < 1.29 is 0 Å². The number of rotatable bonds is 3. The van der Waals surface area contributed by atoms with E-state index in [9.17, 15) is 0 Å². The Morgan fingerprint density at radius 2 is 1.80 bits per heavy atom. The molecule has 1 unspecified atom stereocenters. The summed E-state index contributed by atoms with van der Waals surface area (Å²) in [6, 6.07) is 20.1. The smallest absolute Gasteiger partial charge is 0.0579 e. The van der Waals surface area contributed by atoms with Gasteiger partial charge in [-0.2, -0.15) is 0 Å². The van der Waals surface area contributed by atoms with Gasteiger partial charge < -0.3 is 4.90 Å². The molecule has 0 radical (unpaired) electrons. The van der Waals surface area contributed by atoms with Gasteiger partial charge in [-0.3, -0.25) is 0 Å². The van der Waals surface area contributed by atoms with E-state index < -0.39 is 0 Å². The molecule has 1 atom stereocenters. The second kappa shape index (κ2) is 5.96. The lowest BCUT2D eigenvalue weighted by Gasteiger charge is -2.38. The second-order valence-electron chi connectivity index (χ2n) is 5.30. The van der Waals surface area contributed by atoms with E-state index in [1.165, 1.54) is 16.8 Å². The average molecular weight is 263 g/mol. The Balaban J connectivity index is 1.99. The highest BCUT2D eigenvalue weighted by Gasteiger charge is 2.26. The Bertz CT molecular complexity index is 586. The molecule has 0 spiro atoms. The van der Waals surface area contributed by atoms with Crippen molar-refractivity contribution in [2.24, 2.45) is 0 Å². The van der Waals surface area contributed by atoms with Crippen LogP contribution in [0.25, 0.3) is 0 Å². The number of hydrogen-bond acceptors (Lipinski definition) is 1. The first-order valence-corrected chi connectivity index (χ1v) is 7.41. The predicted octanol–water partition coefficient (Wildman–Crippen LogP) is 4.76. The number of allylic oxidation sites excluding steroid dienone is 1. The van der Waals surface area contributed by atoms with E-state index in [0.29, 0.717) is 6.04 Å². The highest BCUT2D eigenvalue weighted by molar-refractivity contribution is 5.52. The number of para-hydroxylation sites is 1. The van der Waals surface area contributed by atoms with Crippen LogP contribution < -0.4 is 4.90 Å². The van der Waals surface area contributed by atoms with Gasteiger partial charge in [0.2, 0.25) is 0 Å². The molecular formula is C19H21N. The molecule has 102 valence electrons. The fraction of sp³-hybridized carbons (Fsp3) is 0.263. The molecule has 0 saturated heterocycles. The monoisotopic (exact) mass is 263 g/mol. The van der Waals surface area contributed by atoms with Gasteiger partial charge in [0.15, 0.2) is 0 Å². The number of anilines is 1. The minimum Gasteiger partial charge on any atom is -0.364 e. The number of fused-ring (bicyclic) bond motifs is 1. The molecule has 1 heterocycles. The van der Waals surface area contributed by atoms with Gasteiger partial charge in [0.1, 0.15) is 0 Å². The van der Waals surface area contributed by atoms with Gasteiger partial charge in [-0.15, -0.1) is 0 Å². The molecule has 20 heavy (non-hydrogen) atoms. The standard InChI is InChI=1S/C19H21N/c1-2-3-13-19-18-12-8-7-9-16(18)14-15-20(19)17-10-5-4-6-11-17/h2-12,19H,13-15H2,1H3/b3-2+. The van der Waals surface area contributed by atoms with Crippen molar-refractivity contribution in [1.29, 1.82) is 0 Å². The van der Waals surface area contributed by atoms with Crippen molar-refractivity contribution in [3.8, 4) is 0 Å². The first-order chi connectivity index (χ1) is 9.90. The minimum absolute atomic E-state index is 0.457. The fourth-order valence-electron chi connectivity index (χ4n) is 3.10. The van der Waals surface area contributed by atoms with E-state index in [4.69, 9.17) is 0 Å². The fourth-order valence-corrected chi connectivity index (χ4v) is 3.10. The summed E-state index contributed by atoms with van der Waals surface area (Å²) >= 11 is 0. The molecular weight excluding hydrogens is 242 g/mol. The zero-order valence-corrected chi connectivity index (χ0v) is 12.0. The lowest BCUT2D eigenvalue weighted by Crippen LogP contribution is -2.35. The first-order valence-electron chi connectivity index (χ1n) is 7.41. The molecule has 2 aromatic carbocycles. The highest BCUT2D eigenvalue weighted by atomic mass is 15.2. The molecule has 0 amide bonds. The third kappa shape index (κ3) is 2.49. The van der Waals surface area contributed by atoms with Crippen LogP contribution >= 0.6 is 0 Å². The Morgan fingerprint density at radius 1 is 1.05 bits per heavy atom. The quantitative estimate of drug-likeness (QED) is 0.722. The van der Waals surface area contributed by atoms with Crippen molar-refractivity contribution in [3.63, 3.8) is 0 Å². The predicted molar refractivity (Wildman–Crippen MR) is 86.1 cm³/mol. The number of benzene rings is 2. The number of nitrogens with zero attached hydrogens (tertiary/aromatic N) is 1. The van der Waals surface area contributed by atoms with Crippen LogP contribution in [0.5, 0.6) is 0 Å². The molecule has 3 rings (SSSR count). The normalized spacial score (nSPS) is 18.2. The van der Waals surface area contributed by atoms with Crippen LogP contribution in [0.15, 0.2) is 66.7 Å². The lowest BCUT2D eigenvalue weighted by atomic mass is 9.90. The van der Waals surface area contributed by atoms with E-state index in [1.54, 1.807) is 0 Å². The van der Waals surface area contributed by atoms with Crippen molar-refractivity contribution >= 4 is 5.69 Å². The maximum Gasteiger partial charge on any atom is 0.0579 e. The van der Waals surface area contributed by atoms with Gasteiger partial charge in [-0.25, -0.2) is 0 Å². The summed E-state index contributed by atoms with van der Waals surface area (Å²) in [6.45, 7) is 3.20. The molecule has 0 aliphatic carbocycles. The van der Waals surface area contributed by atoms with Crippen molar-refractivity contribution in [1.82, 2.24) is 0 Å². The second-order valence-corrected chi connectivity index (χ2v) is 5.30. The van der Waals surface area contributed by atoms with Gasteiger partial charge in [0, 0.05) is 12.2 Å². The molecule has 0 N–H and O–H groups in total. The maximum absolute atomic E-state index is 2.54. The molecule has 1 aliphatic heterocycles. The Hall–Kier alpha value is -2.02. The van der Waals surface area contributed by atoms with E-state index in [0.717, 1.165) is 19.4 Å². The van der Waals surface area contributed by atoms with Crippen molar-refractivity contribution in [2.45, 2.75) is 25.8 Å². The van der Waals surface area contributed by atoms with Crippen molar-refractivity contribution in [3.05, 3.63) is 77.9 Å². The third-order valence-corrected chi connectivity index (χ3v) is 4.10. The maximum atomic E-state index is 2.54. The third-order valence-electron chi connectivity index (χ3n) is 4.10. The van der Waals surface area contributed by atoms with Gasteiger partial charge in [0.05, 0.1) is 6.04 Å². The van der Waals surface area contributed by atoms with Crippen LogP contribution in [0.3, 0.4) is 0 Å². The first kappa shape index (κ1) is 13.0. The van der Waals surface area contributed by atoms with E-state index in [-0.39, 0.29) is 0 Å². The van der Waals surface area contributed by atoms with Gasteiger partial charge in [0.25, 0.3) is 0 Å². The van der Waals surface area contributed by atoms with Crippen molar-refractivity contribution in [2.75, 3.05) is 11.4 Å². The van der Waals surface area contributed by atoms with Crippen LogP contribution in [0.2, 0.25) is 0 Å². The molecule has 1 aliphatic rings. The molecule has 0 fully saturated rings. The number of hydrogen-bond donors (Lipinski definition) is 0. The Labute approximate surface area is 121 Å². The molecule has 0 aromatic heterocycles. The molecule has 1 nitrogen and oxygen atoms in total. The average Bonchev–Trinajstić information content (AvgIpc) is 2.53. The van der Waals surface area contributed by atoms with E-state index in [2.05, 4.69) is 78.6 Å². The topological polar surface area (TPSA) is 3.24 Å². The summed E-state index contributed by atoms with van der Waals surface area (Å²) in [6.07, 6.45) is 6.64. The summed E-state index contributed by atoms with van der Waals surface area (Å²) in [7, 11) is 0. The van der Waals surface area contributed by atoms with Crippen LogP contribution in [0, 0.1) is 0 Å². The molecule has 1 heteroatoms. The highest BCUT2D eigenvalue weighted by Crippen LogP contribution is 2.35. The largest absolute Gasteiger partial charge is 0.364 e. The lowest BCUT2D eigenvalue weighted by molar-refractivity contribution is 0.588. The Morgan fingerprint density at radius 3 is 2.60 bits per heavy atom. The summed E-state index contributed by atoms with van der Waals surface area (Å²) in [5.74, 6) is 0. The SMILES string of the molecule is C/C=C/CC1c2ccccc2CCN1c1ccccc1. The van der Waals surface area contributed by atoms with Crippen LogP contribution in [-0.2, 0) is 6.42 Å². The molecule has 0 bridgehead atoms. The van der Waals surface area contributed by atoms with Crippen LogP contribution in [-0.4, -0.2) is 6.54 Å². The van der Waals surface area contributed by atoms with E-state index >= 15 is 0 Å². The summed E-state index contributed by atoms with van der Waals surface area (Å²) in [5, 5.41) is 0. The van der Waals surface area contributed by atoms with Crippen LogP contribution in [0.4, 0.5) is 5.69 Å².